The molecule has 2 nitrogen and oxygen atoms in total. The average Bonchev–Trinajstić information content (AvgIpc) is 3.03. The van der Waals surface area contributed by atoms with Crippen LogP contribution >= 0.6 is 0 Å². The molecule has 5 unspecified atom stereocenters. The summed E-state index contributed by atoms with van der Waals surface area (Å²) in [5.41, 5.74) is 0. The summed E-state index contributed by atoms with van der Waals surface area (Å²) in [6, 6.07) is 1.53. The minimum Gasteiger partial charge on any atom is -0.393 e. The highest BCUT2D eigenvalue weighted by Gasteiger charge is 2.53. The fourth-order valence-corrected chi connectivity index (χ4v) is 5.80. The van der Waals surface area contributed by atoms with Crippen LogP contribution in [0.5, 0.6) is 0 Å². The van der Waals surface area contributed by atoms with Crippen LogP contribution < -0.4 is 5.32 Å². The molecule has 4 saturated carbocycles. The van der Waals surface area contributed by atoms with Crippen molar-refractivity contribution in [2.75, 3.05) is 0 Å². The number of aliphatic hydroxyl groups excluding tert-OH is 1. The van der Waals surface area contributed by atoms with Gasteiger partial charge in [0.15, 0.2) is 0 Å². The van der Waals surface area contributed by atoms with Crippen LogP contribution in [0.4, 0.5) is 0 Å². The van der Waals surface area contributed by atoms with Gasteiger partial charge in [0.25, 0.3) is 0 Å². The maximum absolute atomic E-state index is 9.59. The highest BCUT2D eigenvalue weighted by Crippen LogP contribution is 2.58. The molecular weight excluding hydrogens is 222 g/mol. The van der Waals surface area contributed by atoms with Crippen molar-refractivity contribution in [3.05, 3.63) is 0 Å². The Labute approximate surface area is 111 Å². The summed E-state index contributed by atoms with van der Waals surface area (Å²) in [7, 11) is 0. The maximum Gasteiger partial charge on any atom is 0.0541 e. The summed E-state index contributed by atoms with van der Waals surface area (Å²) in [6.45, 7) is 0. The van der Waals surface area contributed by atoms with Crippen LogP contribution in [-0.4, -0.2) is 23.3 Å². The van der Waals surface area contributed by atoms with Crippen molar-refractivity contribution in [3.8, 4) is 0 Å². The van der Waals surface area contributed by atoms with Gasteiger partial charge in [-0.15, -0.1) is 0 Å². The highest BCUT2D eigenvalue weighted by atomic mass is 16.3. The minimum atomic E-state index is -0.0118. The van der Waals surface area contributed by atoms with Gasteiger partial charge in [-0.2, -0.15) is 0 Å². The third-order valence-electron chi connectivity index (χ3n) is 6.58. The molecule has 4 aliphatic rings. The predicted molar refractivity (Wildman–Crippen MR) is 72.2 cm³/mol. The summed E-state index contributed by atoms with van der Waals surface area (Å²) >= 11 is 0. The maximum atomic E-state index is 9.59. The third kappa shape index (κ3) is 1.84. The van der Waals surface area contributed by atoms with E-state index in [2.05, 4.69) is 5.32 Å². The third-order valence-corrected chi connectivity index (χ3v) is 6.58. The largest absolute Gasteiger partial charge is 0.393 e. The van der Waals surface area contributed by atoms with Gasteiger partial charge in [-0.05, 0) is 75.0 Å². The molecule has 0 heterocycles. The normalized spacial score (nSPS) is 54.8. The smallest absolute Gasteiger partial charge is 0.0541 e. The zero-order valence-electron chi connectivity index (χ0n) is 11.4. The van der Waals surface area contributed by atoms with Gasteiger partial charge in [-0.1, -0.05) is 6.42 Å². The lowest BCUT2D eigenvalue weighted by Gasteiger charge is -2.36. The highest BCUT2D eigenvalue weighted by molar-refractivity contribution is 5.06. The van der Waals surface area contributed by atoms with Gasteiger partial charge in [0.1, 0.15) is 0 Å². The van der Waals surface area contributed by atoms with E-state index in [9.17, 15) is 5.11 Å². The number of hydrogen-bond acceptors (Lipinski definition) is 2. The molecule has 2 N–H and O–H groups in total. The summed E-state index contributed by atoms with van der Waals surface area (Å²) in [4.78, 5) is 0. The van der Waals surface area contributed by atoms with Crippen molar-refractivity contribution in [2.45, 2.75) is 76.0 Å². The van der Waals surface area contributed by atoms with Crippen molar-refractivity contribution in [3.63, 3.8) is 0 Å². The van der Waals surface area contributed by atoms with Gasteiger partial charge in [0, 0.05) is 12.1 Å². The number of aliphatic hydroxyl groups is 1. The number of rotatable bonds is 2. The molecule has 102 valence electrons. The van der Waals surface area contributed by atoms with E-state index in [1.165, 1.54) is 44.9 Å². The molecule has 0 aliphatic heterocycles. The SMILES string of the molecule is OC1CCC(NC2CC3CC2C2CCCC32)CC1. The lowest BCUT2D eigenvalue weighted by molar-refractivity contribution is 0.106. The van der Waals surface area contributed by atoms with Crippen molar-refractivity contribution in [1.82, 2.24) is 5.32 Å². The Hall–Kier alpha value is -0.0800. The van der Waals surface area contributed by atoms with E-state index < -0.39 is 0 Å². The Morgan fingerprint density at radius 2 is 1.56 bits per heavy atom. The van der Waals surface area contributed by atoms with Gasteiger partial charge >= 0.3 is 0 Å². The van der Waals surface area contributed by atoms with Crippen LogP contribution in [0.25, 0.3) is 0 Å². The van der Waals surface area contributed by atoms with Gasteiger partial charge < -0.3 is 10.4 Å². The van der Waals surface area contributed by atoms with E-state index in [0.717, 1.165) is 42.6 Å². The molecule has 5 atom stereocenters. The molecule has 2 bridgehead atoms. The molecule has 0 aromatic carbocycles. The molecule has 4 fully saturated rings. The Morgan fingerprint density at radius 1 is 0.778 bits per heavy atom. The Morgan fingerprint density at radius 3 is 2.39 bits per heavy atom. The van der Waals surface area contributed by atoms with Crippen molar-refractivity contribution >= 4 is 0 Å². The van der Waals surface area contributed by atoms with Gasteiger partial charge in [0.05, 0.1) is 6.10 Å². The second-order valence-electron chi connectivity index (χ2n) is 7.43. The second kappa shape index (κ2) is 4.49. The Bertz CT molecular complexity index is 310. The monoisotopic (exact) mass is 249 g/mol. The molecule has 0 radical (unpaired) electrons. The topological polar surface area (TPSA) is 32.3 Å². The van der Waals surface area contributed by atoms with Gasteiger partial charge in [-0.25, -0.2) is 0 Å². The quantitative estimate of drug-likeness (QED) is 0.788. The van der Waals surface area contributed by atoms with E-state index in [1.807, 2.05) is 0 Å². The van der Waals surface area contributed by atoms with Crippen molar-refractivity contribution < 1.29 is 5.11 Å². The molecule has 0 saturated heterocycles. The van der Waals surface area contributed by atoms with Crippen LogP contribution in [0.15, 0.2) is 0 Å². The molecule has 4 aliphatic carbocycles. The fourth-order valence-electron chi connectivity index (χ4n) is 5.80. The van der Waals surface area contributed by atoms with Crippen LogP contribution in [-0.2, 0) is 0 Å². The van der Waals surface area contributed by atoms with E-state index in [4.69, 9.17) is 0 Å². The van der Waals surface area contributed by atoms with Crippen LogP contribution in [0.1, 0.15) is 57.8 Å². The van der Waals surface area contributed by atoms with E-state index in [0.29, 0.717) is 6.04 Å². The summed E-state index contributed by atoms with van der Waals surface area (Å²) in [6.07, 6.45) is 12.0. The number of hydrogen-bond donors (Lipinski definition) is 2. The van der Waals surface area contributed by atoms with E-state index >= 15 is 0 Å². The van der Waals surface area contributed by atoms with Crippen LogP contribution in [0.3, 0.4) is 0 Å². The Kier molecular flexibility index (Phi) is 2.92. The zero-order valence-corrected chi connectivity index (χ0v) is 11.4. The fraction of sp³-hybridized carbons (Fsp3) is 1.00. The lowest BCUT2D eigenvalue weighted by atomic mass is 9.78. The summed E-state index contributed by atoms with van der Waals surface area (Å²) in [5.74, 6) is 4.26. The molecule has 0 aromatic rings. The first-order chi connectivity index (χ1) is 8.81. The van der Waals surface area contributed by atoms with E-state index in [1.54, 1.807) is 0 Å². The molecular formula is C16H27NO. The minimum absolute atomic E-state index is 0.0118. The molecule has 18 heavy (non-hydrogen) atoms. The van der Waals surface area contributed by atoms with Gasteiger partial charge in [0.2, 0.25) is 0 Å². The molecule has 4 rings (SSSR count). The molecule has 0 spiro atoms. The summed E-state index contributed by atoms with van der Waals surface area (Å²) in [5, 5.41) is 13.6. The lowest BCUT2D eigenvalue weighted by Crippen LogP contribution is -2.46. The van der Waals surface area contributed by atoms with Crippen LogP contribution in [0.2, 0.25) is 0 Å². The number of nitrogens with one attached hydrogen (secondary N) is 1. The standard InChI is InChI=1S/C16H27NO/c18-12-6-4-11(5-7-12)17-16-9-10-8-15(16)14-3-1-2-13(10)14/h10-18H,1-9H2. The zero-order chi connectivity index (χ0) is 12.1. The first kappa shape index (κ1) is 11.7. The molecule has 2 heteroatoms. The molecule has 0 amide bonds. The second-order valence-corrected chi connectivity index (χ2v) is 7.43. The first-order valence-corrected chi connectivity index (χ1v) is 8.25. The van der Waals surface area contributed by atoms with Crippen molar-refractivity contribution in [1.29, 1.82) is 0 Å². The summed E-state index contributed by atoms with van der Waals surface area (Å²) < 4.78 is 0. The first-order valence-electron chi connectivity index (χ1n) is 8.25. The van der Waals surface area contributed by atoms with Crippen LogP contribution in [0, 0.1) is 23.7 Å². The average molecular weight is 249 g/mol. The predicted octanol–water partition coefficient (Wildman–Crippen LogP) is 2.70. The van der Waals surface area contributed by atoms with Crippen molar-refractivity contribution in [2.24, 2.45) is 23.7 Å². The van der Waals surface area contributed by atoms with E-state index in [-0.39, 0.29) is 6.10 Å². The molecule has 0 aromatic heterocycles. The number of fused-ring (bicyclic) bond motifs is 5. The Balaban J connectivity index is 1.37. The van der Waals surface area contributed by atoms with Gasteiger partial charge in [-0.3, -0.25) is 0 Å².